The molecule has 4 rings (SSSR count). The molecule has 0 radical (unpaired) electrons. The summed E-state index contributed by atoms with van der Waals surface area (Å²) in [6.07, 6.45) is -2.85. The average molecular weight is 446 g/mol. The molecule has 1 atom stereocenters. The number of nitrogens with zero attached hydrogens (tertiary/aromatic N) is 3. The van der Waals surface area contributed by atoms with Crippen molar-refractivity contribution in [2.45, 2.75) is 12.2 Å². The first kappa shape index (κ1) is 21.6. The zero-order chi connectivity index (χ0) is 22.9. The first-order chi connectivity index (χ1) is 15.2. The zero-order valence-corrected chi connectivity index (χ0v) is 16.9. The van der Waals surface area contributed by atoms with Gasteiger partial charge in [-0.3, -0.25) is 19.7 Å². The van der Waals surface area contributed by atoms with E-state index in [1.165, 1.54) is 12.1 Å². The molecule has 1 aliphatic rings. The number of pyridine rings is 1. The Hall–Kier alpha value is -3.60. The van der Waals surface area contributed by atoms with Gasteiger partial charge >= 0.3 is 11.9 Å². The molecule has 1 aromatic carbocycles. The van der Waals surface area contributed by atoms with Crippen molar-refractivity contribution in [1.29, 1.82) is 0 Å². The molecule has 3 aromatic rings. The van der Waals surface area contributed by atoms with Crippen LogP contribution in [0.25, 0.3) is 0 Å². The van der Waals surface area contributed by atoms with Crippen LogP contribution in [0.3, 0.4) is 0 Å². The number of aromatic amines is 2. The van der Waals surface area contributed by atoms with E-state index in [0.29, 0.717) is 26.2 Å². The number of nitrogens with one attached hydrogen (secondary N) is 2. The lowest BCUT2D eigenvalue weighted by atomic mass is 9.95. The molecule has 2 aromatic heterocycles. The van der Waals surface area contributed by atoms with Gasteiger partial charge in [0.15, 0.2) is 0 Å². The van der Waals surface area contributed by atoms with Crippen LogP contribution < -0.4 is 21.9 Å². The number of benzene rings is 1. The zero-order valence-electron chi connectivity index (χ0n) is 16.9. The minimum absolute atomic E-state index is 0.00945. The molecule has 1 fully saturated rings. The highest BCUT2D eigenvalue weighted by Gasteiger charge is 2.34. The SMILES string of the molecule is Nc1[nH]c(=O)[nH]c(=O)c1[C@H](c1cccc(C(F)(F)F)c1)N1CCN(c2ccccn2)CC1. The Morgan fingerprint density at radius 2 is 1.75 bits per heavy atom. The third-order valence-corrected chi connectivity index (χ3v) is 5.47. The second-order valence-corrected chi connectivity index (χ2v) is 7.47. The molecule has 11 heteroatoms. The van der Waals surface area contributed by atoms with Crippen LogP contribution in [0, 0.1) is 0 Å². The predicted octanol–water partition coefficient (Wildman–Crippen LogP) is 1.97. The van der Waals surface area contributed by atoms with E-state index in [0.717, 1.165) is 18.0 Å². The molecule has 3 heterocycles. The van der Waals surface area contributed by atoms with E-state index < -0.39 is 29.0 Å². The number of nitrogens with two attached hydrogens (primary N) is 1. The lowest BCUT2D eigenvalue weighted by molar-refractivity contribution is -0.137. The van der Waals surface area contributed by atoms with Crippen molar-refractivity contribution >= 4 is 11.6 Å². The Labute approximate surface area is 180 Å². The summed E-state index contributed by atoms with van der Waals surface area (Å²) in [4.78, 5) is 37.0. The maximum absolute atomic E-state index is 13.4. The minimum atomic E-state index is -4.54. The lowest BCUT2D eigenvalue weighted by Crippen LogP contribution is -2.49. The first-order valence-corrected chi connectivity index (χ1v) is 9.93. The van der Waals surface area contributed by atoms with Crippen LogP contribution in [-0.4, -0.2) is 46.0 Å². The highest BCUT2D eigenvalue weighted by atomic mass is 19.4. The van der Waals surface area contributed by atoms with Crippen molar-refractivity contribution < 1.29 is 13.2 Å². The van der Waals surface area contributed by atoms with Crippen LogP contribution in [0.1, 0.15) is 22.7 Å². The number of hydrogen-bond donors (Lipinski definition) is 3. The van der Waals surface area contributed by atoms with Gasteiger partial charge in [0.1, 0.15) is 11.6 Å². The van der Waals surface area contributed by atoms with Gasteiger partial charge in [-0.2, -0.15) is 13.2 Å². The standard InChI is InChI=1S/C21H21F3N6O2/c22-21(23,24)14-5-3-4-13(12-14)17(16-18(25)27-20(32)28-19(16)31)30-10-8-29(9-11-30)15-6-1-2-7-26-15/h1-7,12,17H,8-11H2,(H4,25,27,28,31,32)/t17-/m0/s1. The number of rotatable bonds is 4. The fourth-order valence-electron chi connectivity index (χ4n) is 3.98. The lowest BCUT2D eigenvalue weighted by Gasteiger charge is -2.40. The third-order valence-electron chi connectivity index (χ3n) is 5.47. The fraction of sp³-hybridized carbons (Fsp3) is 0.286. The predicted molar refractivity (Wildman–Crippen MR) is 113 cm³/mol. The topological polar surface area (TPSA) is 111 Å². The van der Waals surface area contributed by atoms with E-state index in [9.17, 15) is 22.8 Å². The second-order valence-electron chi connectivity index (χ2n) is 7.47. The van der Waals surface area contributed by atoms with Gasteiger partial charge in [0.2, 0.25) is 0 Å². The van der Waals surface area contributed by atoms with Gasteiger partial charge in [-0.05, 0) is 29.8 Å². The highest BCUT2D eigenvalue weighted by Crippen LogP contribution is 2.35. The summed E-state index contributed by atoms with van der Waals surface area (Å²) in [6.45, 7) is 1.98. The van der Waals surface area contributed by atoms with E-state index in [-0.39, 0.29) is 16.9 Å². The summed E-state index contributed by atoms with van der Waals surface area (Å²) in [5.41, 5.74) is 3.89. The highest BCUT2D eigenvalue weighted by molar-refractivity contribution is 5.46. The summed E-state index contributed by atoms with van der Waals surface area (Å²) in [6, 6.07) is 9.50. The molecular weight excluding hydrogens is 425 g/mol. The summed E-state index contributed by atoms with van der Waals surface area (Å²) in [5, 5.41) is 0. The maximum atomic E-state index is 13.4. The Bertz CT molecular complexity index is 1200. The van der Waals surface area contributed by atoms with Crippen molar-refractivity contribution in [2.24, 2.45) is 0 Å². The number of hydrogen-bond acceptors (Lipinski definition) is 6. The monoisotopic (exact) mass is 446 g/mol. The van der Waals surface area contributed by atoms with E-state index in [2.05, 4.69) is 19.9 Å². The minimum Gasteiger partial charge on any atom is -0.385 e. The first-order valence-electron chi connectivity index (χ1n) is 9.93. The van der Waals surface area contributed by atoms with E-state index in [1.54, 1.807) is 6.20 Å². The van der Waals surface area contributed by atoms with Gasteiger partial charge in [0, 0.05) is 32.4 Å². The molecule has 0 bridgehead atoms. The van der Waals surface area contributed by atoms with Crippen LogP contribution in [0.15, 0.2) is 58.3 Å². The van der Waals surface area contributed by atoms with Crippen molar-refractivity contribution in [1.82, 2.24) is 19.9 Å². The Morgan fingerprint density at radius 1 is 1.00 bits per heavy atom. The Morgan fingerprint density at radius 3 is 2.38 bits per heavy atom. The summed E-state index contributed by atoms with van der Waals surface area (Å²) in [7, 11) is 0. The third kappa shape index (κ3) is 4.37. The van der Waals surface area contributed by atoms with E-state index in [4.69, 9.17) is 5.73 Å². The van der Waals surface area contributed by atoms with Crippen LogP contribution >= 0.6 is 0 Å². The molecule has 0 aliphatic carbocycles. The van der Waals surface area contributed by atoms with Crippen molar-refractivity contribution in [3.8, 4) is 0 Å². The summed E-state index contributed by atoms with van der Waals surface area (Å²) < 4.78 is 40.1. The fourth-order valence-corrected chi connectivity index (χ4v) is 3.98. The number of halogens is 3. The molecule has 0 saturated carbocycles. The smallest absolute Gasteiger partial charge is 0.385 e. The van der Waals surface area contributed by atoms with Crippen LogP contribution in [0.2, 0.25) is 0 Å². The van der Waals surface area contributed by atoms with Gasteiger partial charge in [0.25, 0.3) is 5.56 Å². The number of anilines is 2. The molecule has 0 unspecified atom stereocenters. The molecule has 0 amide bonds. The molecule has 1 aliphatic heterocycles. The summed E-state index contributed by atoms with van der Waals surface area (Å²) in [5.74, 6) is 0.623. The molecule has 168 valence electrons. The van der Waals surface area contributed by atoms with E-state index in [1.807, 2.05) is 23.1 Å². The second kappa shape index (κ2) is 8.50. The molecule has 4 N–H and O–H groups in total. The number of alkyl halides is 3. The maximum Gasteiger partial charge on any atom is 0.416 e. The van der Waals surface area contributed by atoms with Gasteiger partial charge in [-0.25, -0.2) is 9.78 Å². The van der Waals surface area contributed by atoms with Crippen molar-refractivity contribution in [3.05, 3.63) is 86.2 Å². The molecule has 1 saturated heterocycles. The van der Waals surface area contributed by atoms with Crippen LogP contribution in [-0.2, 0) is 6.18 Å². The molecule has 32 heavy (non-hydrogen) atoms. The number of H-pyrrole nitrogens is 2. The Kier molecular flexibility index (Phi) is 5.74. The largest absolute Gasteiger partial charge is 0.416 e. The van der Waals surface area contributed by atoms with E-state index >= 15 is 0 Å². The van der Waals surface area contributed by atoms with Gasteiger partial charge in [0.05, 0.1) is 17.2 Å². The quantitative estimate of drug-likeness (QED) is 0.565. The number of piperazine rings is 1. The number of aromatic nitrogens is 3. The number of nitrogen functional groups attached to an aromatic ring is 1. The van der Waals surface area contributed by atoms with Crippen LogP contribution in [0.4, 0.5) is 24.8 Å². The van der Waals surface area contributed by atoms with Gasteiger partial charge in [-0.15, -0.1) is 0 Å². The van der Waals surface area contributed by atoms with Gasteiger partial charge in [-0.1, -0.05) is 18.2 Å². The normalized spacial score (nSPS) is 16.2. The Balaban J connectivity index is 1.73. The molecular formula is C21H21F3N6O2. The van der Waals surface area contributed by atoms with Crippen molar-refractivity contribution in [3.63, 3.8) is 0 Å². The summed E-state index contributed by atoms with van der Waals surface area (Å²) >= 11 is 0. The van der Waals surface area contributed by atoms with Crippen LogP contribution in [0.5, 0.6) is 0 Å². The van der Waals surface area contributed by atoms with Gasteiger partial charge < -0.3 is 10.6 Å². The molecule has 8 nitrogen and oxygen atoms in total. The average Bonchev–Trinajstić information content (AvgIpc) is 2.76. The van der Waals surface area contributed by atoms with Crippen molar-refractivity contribution in [2.75, 3.05) is 36.8 Å². The molecule has 0 spiro atoms.